The molecule has 6 nitrogen and oxygen atoms in total. The lowest BCUT2D eigenvalue weighted by atomic mass is 10.1. The zero-order valence-electron chi connectivity index (χ0n) is 15.4. The van der Waals surface area contributed by atoms with E-state index in [4.69, 9.17) is 4.74 Å². The molecule has 0 unspecified atom stereocenters. The molecule has 1 saturated heterocycles. The van der Waals surface area contributed by atoms with E-state index in [9.17, 15) is 18.8 Å². The highest BCUT2D eigenvalue weighted by Crippen LogP contribution is 2.27. The fourth-order valence-electron chi connectivity index (χ4n) is 3.13. The molecular formula is C21H21FN2O4. The third-order valence-corrected chi connectivity index (χ3v) is 4.62. The molecule has 2 atom stereocenters. The number of hydrogen-bond donors (Lipinski definition) is 1. The molecule has 2 aromatic carbocycles. The van der Waals surface area contributed by atoms with Gasteiger partial charge in [-0.2, -0.15) is 0 Å². The smallest absolute Gasteiger partial charge is 0.311 e. The van der Waals surface area contributed by atoms with E-state index < -0.39 is 30.2 Å². The third kappa shape index (κ3) is 4.54. The summed E-state index contributed by atoms with van der Waals surface area (Å²) in [5.41, 5.74) is 1.07. The van der Waals surface area contributed by atoms with Crippen LogP contribution in [0.4, 0.5) is 10.1 Å². The van der Waals surface area contributed by atoms with Crippen molar-refractivity contribution in [3.63, 3.8) is 0 Å². The SMILES string of the molecule is C[C@@H](NC(=O)COC(=O)[C@H]1CC(=O)N(c2ccccc2F)C1)c1ccccc1. The molecule has 28 heavy (non-hydrogen) atoms. The fourth-order valence-corrected chi connectivity index (χ4v) is 3.13. The summed E-state index contributed by atoms with van der Waals surface area (Å²) in [6.07, 6.45) is -0.0742. The second kappa shape index (κ2) is 8.65. The Hall–Kier alpha value is -3.22. The van der Waals surface area contributed by atoms with Crippen molar-refractivity contribution >= 4 is 23.5 Å². The first-order valence-electron chi connectivity index (χ1n) is 9.01. The van der Waals surface area contributed by atoms with Crippen LogP contribution < -0.4 is 10.2 Å². The van der Waals surface area contributed by atoms with Gasteiger partial charge in [0.2, 0.25) is 5.91 Å². The summed E-state index contributed by atoms with van der Waals surface area (Å²) in [4.78, 5) is 37.7. The van der Waals surface area contributed by atoms with Crippen molar-refractivity contribution in [2.24, 2.45) is 5.92 Å². The van der Waals surface area contributed by atoms with Gasteiger partial charge >= 0.3 is 5.97 Å². The first-order chi connectivity index (χ1) is 13.5. The molecule has 1 N–H and O–H groups in total. The lowest BCUT2D eigenvalue weighted by Crippen LogP contribution is -2.33. The van der Waals surface area contributed by atoms with Crippen LogP contribution in [0.5, 0.6) is 0 Å². The number of carbonyl (C=O) groups is 3. The number of rotatable bonds is 6. The number of para-hydroxylation sites is 1. The molecule has 0 bridgehead atoms. The number of benzene rings is 2. The Labute approximate surface area is 162 Å². The summed E-state index contributed by atoms with van der Waals surface area (Å²) in [6, 6.07) is 15.1. The Morgan fingerprint density at radius 1 is 1.18 bits per heavy atom. The van der Waals surface area contributed by atoms with Gasteiger partial charge in [0.1, 0.15) is 5.82 Å². The van der Waals surface area contributed by atoms with Crippen LogP contribution in [-0.4, -0.2) is 30.9 Å². The topological polar surface area (TPSA) is 75.7 Å². The molecule has 7 heteroatoms. The summed E-state index contributed by atoms with van der Waals surface area (Å²) >= 11 is 0. The fraction of sp³-hybridized carbons (Fsp3) is 0.286. The highest BCUT2D eigenvalue weighted by Gasteiger charge is 2.37. The van der Waals surface area contributed by atoms with Gasteiger partial charge in [0.05, 0.1) is 17.6 Å². The molecule has 0 radical (unpaired) electrons. The van der Waals surface area contributed by atoms with Crippen molar-refractivity contribution in [1.29, 1.82) is 0 Å². The zero-order valence-corrected chi connectivity index (χ0v) is 15.4. The van der Waals surface area contributed by atoms with E-state index >= 15 is 0 Å². The van der Waals surface area contributed by atoms with Crippen molar-refractivity contribution < 1.29 is 23.5 Å². The molecule has 2 amide bonds. The molecule has 0 spiro atoms. The Bertz CT molecular complexity index is 872. The van der Waals surface area contributed by atoms with Crippen LogP contribution >= 0.6 is 0 Å². The van der Waals surface area contributed by atoms with Gasteiger partial charge in [-0.3, -0.25) is 14.4 Å². The molecule has 0 aromatic heterocycles. The van der Waals surface area contributed by atoms with Crippen LogP contribution in [0.25, 0.3) is 0 Å². The third-order valence-electron chi connectivity index (χ3n) is 4.62. The number of carbonyl (C=O) groups excluding carboxylic acids is 3. The van der Waals surface area contributed by atoms with Gasteiger partial charge < -0.3 is 15.0 Å². The van der Waals surface area contributed by atoms with Crippen LogP contribution in [0.1, 0.15) is 24.9 Å². The van der Waals surface area contributed by atoms with Gasteiger partial charge in [-0.25, -0.2) is 4.39 Å². The summed E-state index contributed by atoms with van der Waals surface area (Å²) in [5.74, 6) is -2.69. The molecule has 1 aliphatic rings. The molecular weight excluding hydrogens is 363 g/mol. The number of anilines is 1. The number of nitrogens with one attached hydrogen (secondary N) is 1. The Morgan fingerprint density at radius 3 is 2.57 bits per heavy atom. The molecule has 0 saturated carbocycles. The quantitative estimate of drug-likeness (QED) is 0.777. The van der Waals surface area contributed by atoms with Crippen LogP contribution in [-0.2, 0) is 19.1 Å². The second-order valence-corrected chi connectivity index (χ2v) is 6.66. The molecule has 3 rings (SSSR count). The van der Waals surface area contributed by atoms with Gasteiger partial charge in [0.25, 0.3) is 5.91 Å². The van der Waals surface area contributed by atoms with Crippen LogP contribution in [0.15, 0.2) is 54.6 Å². The van der Waals surface area contributed by atoms with Gasteiger partial charge in [0.15, 0.2) is 6.61 Å². The van der Waals surface area contributed by atoms with Gasteiger partial charge in [-0.05, 0) is 24.6 Å². The summed E-state index contributed by atoms with van der Waals surface area (Å²) < 4.78 is 19.0. The number of halogens is 1. The van der Waals surface area contributed by atoms with E-state index in [-0.39, 0.29) is 30.6 Å². The van der Waals surface area contributed by atoms with Crippen LogP contribution in [0.3, 0.4) is 0 Å². The normalized spacial score (nSPS) is 17.3. The first-order valence-corrected chi connectivity index (χ1v) is 9.01. The standard InChI is InChI=1S/C21H21FN2O4/c1-14(15-7-3-2-4-8-15)23-19(25)13-28-21(27)16-11-20(26)24(12-16)18-10-6-5-9-17(18)22/h2-10,14,16H,11-13H2,1H3,(H,23,25)/t14-,16+/m1/s1. The van der Waals surface area contributed by atoms with E-state index in [1.165, 1.54) is 23.1 Å². The lowest BCUT2D eigenvalue weighted by Gasteiger charge is -2.17. The van der Waals surface area contributed by atoms with Crippen molar-refractivity contribution in [3.05, 3.63) is 66.0 Å². The summed E-state index contributed by atoms with van der Waals surface area (Å²) in [5, 5.41) is 2.75. The predicted molar refractivity (Wildman–Crippen MR) is 101 cm³/mol. The van der Waals surface area contributed by atoms with E-state index in [1.807, 2.05) is 37.3 Å². The van der Waals surface area contributed by atoms with E-state index in [2.05, 4.69) is 5.32 Å². The average molecular weight is 384 g/mol. The van der Waals surface area contributed by atoms with E-state index in [1.54, 1.807) is 6.07 Å². The van der Waals surface area contributed by atoms with Gasteiger partial charge in [0, 0.05) is 13.0 Å². The van der Waals surface area contributed by atoms with Crippen LogP contribution in [0, 0.1) is 11.7 Å². The zero-order chi connectivity index (χ0) is 20.1. The number of ether oxygens (including phenoxy) is 1. The Balaban J connectivity index is 1.51. The molecule has 1 fully saturated rings. The van der Waals surface area contributed by atoms with Crippen molar-refractivity contribution in [3.8, 4) is 0 Å². The number of amides is 2. The minimum atomic E-state index is -0.730. The largest absolute Gasteiger partial charge is 0.455 e. The van der Waals surface area contributed by atoms with Gasteiger partial charge in [-0.1, -0.05) is 42.5 Å². The molecule has 146 valence electrons. The van der Waals surface area contributed by atoms with Crippen molar-refractivity contribution in [2.45, 2.75) is 19.4 Å². The maximum Gasteiger partial charge on any atom is 0.311 e. The predicted octanol–water partition coefficient (Wildman–Crippen LogP) is 2.60. The van der Waals surface area contributed by atoms with Crippen molar-refractivity contribution in [2.75, 3.05) is 18.1 Å². The number of hydrogen-bond acceptors (Lipinski definition) is 4. The van der Waals surface area contributed by atoms with Gasteiger partial charge in [-0.15, -0.1) is 0 Å². The molecule has 0 aliphatic carbocycles. The number of esters is 1. The van der Waals surface area contributed by atoms with E-state index in [0.717, 1.165) is 5.56 Å². The highest BCUT2D eigenvalue weighted by molar-refractivity contribution is 5.99. The molecule has 1 aliphatic heterocycles. The molecule has 2 aromatic rings. The highest BCUT2D eigenvalue weighted by atomic mass is 19.1. The van der Waals surface area contributed by atoms with E-state index in [0.29, 0.717) is 0 Å². The number of nitrogens with zero attached hydrogens (tertiary/aromatic N) is 1. The maximum absolute atomic E-state index is 13.9. The summed E-state index contributed by atoms with van der Waals surface area (Å²) in [6.45, 7) is 1.43. The average Bonchev–Trinajstić information content (AvgIpc) is 3.08. The lowest BCUT2D eigenvalue weighted by molar-refractivity contribution is -0.152. The first kappa shape index (κ1) is 19.5. The minimum absolute atomic E-state index is 0.0284. The monoisotopic (exact) mass is 384 g/mol. The molecule has 1 heterocycles. The maximum atomic E-state index is 13.9. The Morgan fingerprint density at radius 2 is 1.86 bits per heavy atom. The minimum Gasteiger partial charge on any atom is -0.455 e. The second-order valence-electron chi connectivity index (χ2n) is 6.66. The Kier molecular flexibility index (Phi) is 6.03. The summed E-state index contributed by atoms with van der Waals surface area (Å²) in [7, 11) is 0. The van der Waals surface area contributed by atoms with Crippen LogP contribution in [0.2, 0.25) is 0 Å². The van der Waals surface area contributed by atoms with Crippen molar-refractivity contribution in [1.82, 2.24) is 5.32 Å².